The number of nitrogens with zero attached hydrogens (tertiary/aromatic N) is 1. The third-order valence-corrected chi connectivity index (χ3v) is 5.00. The van der Waals surface area contributed by atoms with Crippen molar-refractivity contribution in [3.8, 4) is 0 Å². The molecule has 2 aromatic rings. The lowest BCUT2D eigenvalue weighted by Crippen LogP contribution is -2.35. The van der Waals surface area contributed by atoms with Gasteiger partial charge in [-0.3, -0.25) is 4.79 Å². The molecule has 1 heterocycles. The van der Waals surface area contributed by atoms with Crippen molar-refractivity contribution in [3.05, 3.63) is 70.8 Å². The Morgan fingerprint density at radius 1 is 1.00 bits per heavy atom. The highest BCUT2D eigenvalue weighted by molar-refractivity contribution is 6.15. The van der Waals surface area contributed by atoms with Crippen LogP contribution in [0.15, 0.2) is 54.1 Å². The van der Waals surface area contributed by atoms with Gasteiger partial charge in [0.05, 0.1) is 6.10 Å². The minimum atomic E-state index is -0.153. The van der Waals surface area contributed by atoms with E-state index in [9.17, 15) is 9.90 Å². The van der Waals surface area contributed by atoms with E-state index in [2.05, 4.69) is 29.2 Å². The highest BCUT2D eigenvalue weighted by atomic mass is 16.3. The number of aliphatic hydroxyl groups is 1. The molecule has 0 aromatic heterocycles. The number of allylic oxidation sites excluding steroid dienone is 1. The second-order valence-electron chi connectivity index (χ2n) is 6.64. The van der Waals surface area contributed by atoms with Crippen molar-refractivity contribution in [2.45, 2.75) is 25.4 Å². The number of carbonyl (C=O) groups is 1. The summed E-state index contributed by atoms with van der Waals surface area (Å²) in [5.41, 5.74) is 5.08. The Kier molecular flexibility index (Phi) is 3.95. The van der Waals surface area contributed by atoms with E-state index < -0.39 is 0 Å². The lowest BCUT2D eigenvalue weighted by Gasteiger charge is -2.31. The number of rotatable bonds is 2. The first-order valence-corrected chi connectivity index (χ1v) is 8.57. The Bertz CT molecular complexity index is 784. The Morgan fingerprint density at radius 3 is 2.42 bits per heavy atom. The molecule has 0 bridgehead atoms. The molecule has 3 nitrogen and oxygen atoms in total. The zero-order valence-electron chi connectivity index (χ0n) is 13.6. The molecule has 2 aromatic carbocycles. The zero-order chi connectivity index (χ0) is 16.5. The molecule has 0 amide bonds. The molecule has 0 radical (unpaired) electrons. The number of aliphatic hydroxyl groups excluding tert-OH is 1. The summed E-state index contributed by atoms with van der Waals surface area (Å²) in [6.45, 7) is 1.80. The lowest BCUT2D eigenvalue weighted by molar-refractivity contribution is 0.104. The fourth-order valence-electron chi connectivity index (χ4n) is 3.58. The van der Waals surface area contributed by atoms with Crippen molar-refractivity contribution in [3.63, 3.8) is 0 Å². The fraction of sp³-hybridized carbons (Fsp3) is 0.286. The smallest absolute Gasteiger partial charge is 0.189 e. The van der Waals surface area contributed by atoms with Crippen LogP contribution in [0.2, 0.25) is 0 Å². The maximum atomic E-state index is 12.4. The van der Waals surface area contributed by atoms with Crippen molar-refractivity contribution in [2.75, 3.05) is 18.0 Å². The maximum absolute atomic E-state index is 12.4. The second kappa shape index (κ2) is 6.25. The average molecular weight is 319 g/mol. The van der Waals surface area contributed by atoms with Gasteiger partial charge in [0, 0.05) is 36.3 Å². The number of ketones is 1. The van der Waals surface area contributed by atoms with Crippen molar-refractivity contribution in [1.29, 1.82) is 0 Å². The molecule has 0 unspecified atom stereocenters. The van der Waals surface area contributed by atoms with Gasteiger partial charge >= 0.3 is 0 Å². The number of fused-ring (bicyclic) bond motifs is 1. The fourth-order valence-corrected chi connectivity index (χ4v) is 3.58. The van der Waals surface area contributed by atoms with Crippen LogP contribution in [0, 0.1) is 0 Å². The second-order valence-corrected chi connectivity index (χ2v) is 6.64. The van der Waals surface area contributed by atoms with Crippen molar-refractivity contribution < 1.29 is 9.90 Å². The van der Waals surface area contributed by atoms with E-state index >= 15 is 0 Å². The number of benzene rings is 2. The quantitative estimate of drug-likeness (QED) is 0.862. The van der Waals surface area contributed by atoms with E-state index in [1.165, 1.54) is 5.69 Å². The predicted molar refractivity (Wildman–Crippen MR) is 96.3 cm³/mol. The summed E-state index contributed by atoms with van der Waals surface area (Å²) in [5.74, 6) is 0.152. The van der Waals surface area contributed by atoms with Crippen LogP contribution in [0.5, 0.6) is 0 Å². The Labute approximate surface area is 142 Å². The molecule has 24 heavy (non-hydrogen) atoms. The summed E-state index contributed by atoms with van der Waals surface area (Å²) >= 11 is 0. The van der Waals surface area contributed by atoms with Gasteiger partial charge in [0.25, 0.3) is 0 Å². The molecule has 1 fully saturated rings. The van der Waals surface area contributed by atoms with Crippen LogP contribution in [0.25, 0.3) is 6.08 Å². The lowest BCUT2D eigenvalue weighted by atomic mass is 10.1. The molecule has 2 aliphatic rings. The summed E-state index contributed by atoms with van der Waals surface area (Å²) in [6.07, 6.45) is 4.24. The minimum absolute atomic E-state index is 0.152. The Balaban J connectivity index is 1.51. The molecule has 4 rings (SSSR count). The molecule has 122 valence electrons. The van der Waals surface area contributed by atoms with Gasteiger partial charge < -0.3 is 10.0 Å². The summed E-state index contributed by atoms with van der Waals surface area (Å²) in [5, 5.41) is 9.61. The van der Waals surface area contributed by atoms with Crippen LogP contribution in [-0.4, -0.2) is 30.1 Å². The topological polar surface area (TPSA) is 40.5 Å². The number of hydrogen-bond donors (Lipinski definition) is 1. The first kappa shape index (κ1) is 15.2. The van der Waals surface area contributed by atoms with Gasteiger partial charge in [-0.2, -0.15) is 0 Å². The van der Waals surface area contributed by atoms with Crippen LogP contribution >= 0.6 is 0 Å². The Morgan fingerprint density at radius 2 is 1.71 bits per heavy atom. The summed E-state index contributed by atoms with van der Waals surface area (Å²) in [4.78, 5) is 14.8. The van der Waals surface area contributed by atoms with Gasteiger partial charge in [-0.05, 0) is 42.2 Å². The van der Waals surface area contributed by atoms with E-state index in [4.69, 9.17) is 0 Å². The predicted octanol–water partition coefficient (Wildman–Crippen LogP) is 3.47. The highest BCUT2D eigenvalue weighted by Crippen LogP contribution is 2.28. The number of carbonyl (C=O) groups excluding carboxylic acids is 1. The standard InChI is InChI=1S/C21H21NO2/c23-19-9-11-22(12-10-19)18-7-5-15(6-8-18)13-17-14-16-3-1-2-4-20(16)21(17)24/h1-8,13,19,23H,9-12,14H2. The first-order valence-electron chi connectivity index (χ1n) is 8.57. The van der Waals surface area contributed by atoms with E-state index in [0.29, 0.717) is 0 Å². The van der Waals surface area contributed by atoms with Crippen molar-refractivity contribution in [1.82, 2.24) is 0 Å². The molecule has 0 atom stereocenters. The number of Topliss-reactive ketones (excluding diaryl/α,β-unsaturated/α-hetero) is 1. The summed E-state index contributed by atoms with van der Waals surface area (Å²) < 4.78 is 0. The molecule has 1 aliphatic carbocycles. The zero-order valence-corrected chi connectivity index (χ0v) is 13.6. The van der Waals surface area contributed by atoms with Crippen LogP contribution < -0.4 is 4.90 Å². The third-order valence-electron chi connectivity index (χ3n) is 5.00. The van der Waals surface area contributed by atoms with Gasteiger partial charge in [0.2, 0.25) is 0 Å². The monoisotopic (exact) mass is 319 g/mol. The number of piperidine rings is 1. The molecular formula is C21H21NO2. The van der Waals surface area contributed by atoms with Gasteiger partial charge in [-0.25, -0.2) is 0 Å². The molecule has 0 saturated carbocycles. The average Bonchev–Trinajstić information content (AvgIpc) is 2.93. The summed E-state index contributed by atoms with van der Waals surface area (Å²) in [7, 11) is 0. The highest BCUT2D eigenvalue weighted by Gasteiger charge is 2.24. The molecule has 0 spiro atoms. The van der Waals surface area contributed by atoms with E-state index in [0.717, 1.165) is 54.6 Å². The number of anilines is 1. The molecule has 1 N–H and O–H groups in total. The van der Waals surface area contributed by atoms with Crippen LogP contribution in [0.3, 0.4) is 0 Å². The largest absolute Gasteiger partial charge is 0.393 e. The third kappa shape index (κ3) is 2.87. The van der Waals surface area contributed by atoms with Gasteiger partial charge in [0.1, 0.15) is 0 Å². The van der Waals surface area contributed by atoms with Crippen molar-refractivity contribution in [2.24, 2.45) is 0 Å². The number of hydrogen-bond acceptors (Lipinski definition) is 3. The van der Waals surface area contributed by atoms with Crippen LogP contribution in [-0.2, 0) is 6.42 Å². The molecule has 1 aliphatic heterocycles. The molecular weight excluding hydrogens is 298 g/mol. The van der Waals surface area contributed by atoms with Crippen LogP contribution in [0.4, 0.5) is 5.69 Å². The first-order chi connectivity index (χ1) is 11.7. The summed E-state index contributed by atoms with van der Waals surface area (Å²) in [6, 6.07) is 16.2. The Hall–Kier alpha value is -2.39. The van der Waals surface area contributed by atoms with E-state index in [-0.39, 0.29) is 11.9 Å². The molecule has 1 saturated heterocycles. The van der Waals surface area contributed by atoms with E-state index in [1.807, 2.05) is 30.3 Å². The van der Waals surface area contributed by atoms with Gasteiger partial charge in [-0.15, -0.1) is 0 Å². The van der Waals surface area contributed by atoms with Gasteiger partial charge in [0.15, 0.2) is 5.78 Å². The maximum Gasteiger partial charge on any atom is 0.189 e. The minimum Gasteiger partial charge on any atom is -0.393 e. The van der Waals surface area contributed by atoms with Crippen molar-refractivity contribution >= 4 is 17.5 Å². The SMILES string of the molecule is O=C1C(=Cc2ccc(N3CCC(O)CC3)cc2)Cc2ccccc21. The van der Waals surface area contributed by atoms with Crippen LogP contribution in [0.1, 0.15) is 34.3 Å². The van der Waals surface area contributed by atoms with E-state index in [1.54, 1.807) is 0 Å². The van der Waals surface area contributed by atoms with Gasteiger partial charge in [-0.1, -0.05) is 36.4 Å². The molecule has 3 heteroatoms. The normalized spacial score (nSPS) is 19.8.